The van der Waals surface area contributed by atoms with Gasteiger partial charge in [-0.1, -0.05) is 6.92 Å². The van der Waals surface area contributed by atoms with Crippen LogP contribution in [0.2, 0.25) is 0 Å². The van der Waals surface area contributed by atoms with Crippen LogP contribution in [-0.4, -0.2) is 11.4 Å². The van der Waals surface area contributed by atoms with Crippen molar-refractivity contribution in [1.82, 2.24) is 0 Å². The molecule has 1 amide bonds. The minimum absolute atomic E-state index is 0.0960. The maximum Gasteiger partial charge on any atom is 0.249 e. The molecule has 0 radical (unpaired) electrons. The predicted molar refractivity (Wildman–Crippen MR) is 62.1 cm³/mol. The number of anilines is 2. The summed E-state index contributed by atoms with van der Waals surface area (Å²) >= 11 is 0. The van der Waals surface area contributed by atoms with Crippen LogP contribution in [0.1, 0.15) is 26.3 Å². The highest BCUT2D eigenvalue weighted by molar-refractivity contribution is 6.06. The van der Waals surface area contributed by atoms with E-state index in [-0.39, 0.29) is 11.7 Å². The second kappa shape index (κ2) is 3.47. The fourth-order valence-corrected chi connectivity index (χ4v) is 1.85. The fourth-order valence-electron chi connectivity index (χ4n) is 1.85. The second-order valence-corrected chi connectivity index (χ2v) is 4.55. The quantitative estimate of drug-likeness (QED) is 0.766. The Bertz CT molecular complexity index is 455. The average molecular weight is 222 g/mol. The van der Waals surface area contributed by atoms with Gasteiger partial charge in [0.1, 0.15) is 11.4 Å². The van der Waals surface area contributed by atoms with Crippen molar-refractivity contribution in [3.05, 3.63) is 23.5 Å². The van der Waals surface area contributed by atoms with Crippen LogP contribution < -0.4 is 10.6 Å². The molecule has 2 rings (SSSR count). The average Bonchev–Trinajstić information content (AvgIpc) is 2.19. The van der Waals surface area contributed by atoms with Crippen LogP contribution >= 0.6 is 0 Å². The molecule has 16 heavy (non-hydrogen) atoms. The number of rotatable bonds is 1. The first kappa shape index (κ1) is 10.9. The molecule has 2 N–H and O–H groups in total. The van der Waals surface area contributed by atoms with Crippen LogP contribution in [0.3, 0.4) is 0 Å². The van der Waals surface area contributed by atoms with Gasteiger partial charge in [0.25, 0.3) is 0 Å². The number of benzene rings is 1. The minimum atomic E-state index is -0.703. The third kappa shape index (κ3) is 1.64. The van der Waals surface area contributed by atoms with Gasteiger partial charge in [-0.05, 0) is 38.0 Å². The normalized spacial score (nSPS) is 17.4. The highest BCUT2D eigenvalue weighted by atomic mass is 19.1. The Morgan fingerprint density at radius 1 is 1.38 bits per heavy atom. The molecule has 0 aromatic heterocycles. The first-order valence-corrected chi connectivity index (χ1v) is 5.36. The summed E-state index contributed by atoms with van der Waals surface area (Å²) < 4.78 is 13.3. The summed E-state index contributed by atoms with van der Waals surface area (Å²) in [5, 5.41) is 5.88. The number of fused-ring (bicyclic) bond motifs is 1. The SMILES string of the molecule is CCc1cc(F)cc2c1NC(=O)C(C)(C)N2. The molecule has 3 nitrogen and oxygen atoms in total. The third-order valence-corrected chi connectivity index (χ3v) is 2.82. The van der Waals surface area contributed by atoms with Crippen LogP contribution in [0.5, 0.6) is 0 Å². The summed E-state index contributed by atoms with van der Waals surface area (Å²) in [6.07, 6.45) is 0.683. The van der Waals surface area contributed by atoms with Gasteiger partial charge in [0.05, 0.1) is 11.4 Å². The van der Waals surface area contributed by atoms with E-state index in [2.05, 4.69) is 10.6 Å². The molecule has 0 fully saturated rings. The highest BCUT2D eigenvalue weighted by Gasteiger charge is 2.33. The van der Waals surface area contributed by atoms with Crippen LogP contribution in [-0.2, 0) is 11.2 Å². The Morgan fingerprint density at radius 3 is 2.69 bits per heavy atom. The maximum absolute atomic E-state index is 13.3. The van der Waals surface area contributed by atoms with Crippen molar-refractivity contribution in [3.63, 3.8) is 0 Å². The van der Waals surface area contributed by atoms with Crippen LogP contribution in [0.4, 0.5) is 15.8 Å². The zero-order valence-electron chi connectivity index (χ0n) is 9.65. The summed E-state index contributed by atoms with van der Waals surface area (Å²) in [6, 6.07) is 2.87. The molecule has 1 aromatic rings. The summed E-state index contributed by atoms with van der Waals surface area (Å²) in [7, 11) is 0. The second-order valence-electron chi connectivity index (χ2n) is 4.55. The predicted octanol–water partition coefficient (Wildman–Crippen LogP) is 2.53. The number of hydrogen-bond acceptors (Lipinski definition) is 2. The first-order valence-electron chi connectivity index (χ1n) is 5.36. The van der Waals surface area contributed by atoms with E-state index in [1.807, 2.05) is 6.92 Å². The standard InChI is InChI=1S/C12H15FN2O/c1-4-7-5-8(13)6-9-10(7)14-11(16)12(2,3)15-9/h5-6,15H,4H2,1-3H3,(H,14,16). The zero-order valence-corrected chi connectivity index (χ0v) is 9.65. The summed E-state index contributed by atoms with van der Waals surface area (Å²) in [5.41, 5.74) is 1.47. The van der Waals surface area contributed by atoms with Gasteiger partial charge in [-0.2, -0.15) is 0 Å². The number of nitrogens with one attached hydrogen (secondary N) is 2. The number of amides is 1. The lowest BCUT2D eigenvalue weighted by atomic mass is 9.97. The van der Waals surface area contributed by atoms with Gasteiger partial charge in [-0.25, -0.2) is 4.39 Å². The Balaban J connectivity index is 2.54. The van der Waals surface area contributed by atoms with Gasteiger partial charge < -0.3 is 10.6 Å². The maximum atomic E-state index is 13.3. The van der Waals surface area contributed by atoms with Crippen molar-refractivity contribution >= 4 is 17.3 Å². The lowest BCUT2D eigenvalue weighted by Crippen LogP contribution is -2.47. The molecule has 0 spiro atoms. The highest BCUT2D eigenvalue weighted by Crippen LogP contribution is 2.34. The van der Waals surface area contributed by atoms with E-state index in [4.69, 9.17) is 0 Å². The van der Waals surface area contributed by atoms with Gasteiger partial charge in [-0.15, -0.1) is 0 Å². The molecule has 1 heterocycles. The number of halogens is 1. The molecule has 1 aromatic carbocycles. The number of hydrogen-bond donors (Lipinski definition) is 2. The monoisotopic (exact) mass is 222 g/mol. The van der Waals surface area contributed by atoms with Gasteiger partial charge in [0, 0.05) is 0 Å². The van der Waals surface area contributed by atoms with E-state index >= 15 is 0 Å². The Kier molecular flexibility index (Phi) is 2.37. The topological polar surface area (TPSA) is 41.1 Å². The van der Waals surface area contributed by atoms with Crippen molar-refractivity contribution in [3.8, 4) is 0 Å². The van der Waals surface area contributed by atoms with E-state index < -0.39 is 5.54 Å². The lowest BCUT2D eigenvalue weighted by molar-refractivity contribution is -0.119. The molecule has 1 aliphatic heterocycles. The molecule has 0 saturated heterocycles. The van der Waals surface area contributed by atoms with Gasteiger partial charge in [-0.3, -0.25) is 4.79 Å². The van der Waals surface area contributed by atoms with E-state index in [1.165, 1.54) is 12.1 Å². The lowest BCUT2D eigenvalue weighted by Gasteiger charge is -2.33. The first-order chi connectivity index (χ1) is 7.44. The molecule has 4 heteroatoms. The molecule has 0 unspecified atom stereocenters. The Labute approximate surface area is 94.0 Å². The summed E-state index contributed by atoms with van der Waals surface area (Å²) in [5.74, 6) is -0.378. The number of carbonyl (C=O) groups excluding carboxylic acids is 1. The largest absolute Gasteiger partial charge is 0.370 e. The van der Waals surface area contributed by atoms with Crippen molar-refractivity contribution < 1.29 is 9.18 Å². The van der Waals surface area contributed by atoms with E-state index in [0.29, 0.717) is 17.8 Å². The molecule has 86 valence electrons. The van der Waals surface area contributed by atoms with Crippen LogP contribution in [0.25, 0.3) is 0 Å². The van der Waals surface area contributed by atoms with Crippen LogP contribution in [0, 0.1) is 5.82 Å². The Morgan fingerprint density at radius 2 is 2.06 bits per heavy atom. The van der Waals surface area contributed by atoms with E-state index in [1.54, 1.807) is 13.8 Å². The third-order valence-electron chi connectivity index (χ3n) is 2.82. The molecular weight excluding hydrogens is 207 g/mol. The van der Waals surface area contributed by atoms with E-state index in [9.17, 15) is 9.18 Å². The number of carbonyl (C=O) groups is 1. The smallest absolute Gasteiger partial charge is 0.249 e. The number of aryl methyl sites for hydroxylation is 1. The van der Waals surface area contributed by atoms with Gasteiger partial charge >= 0.3 is 0 Å². The van der Waals surface area contributed by atoms with Gasteiger partial charge in [0.15, 0.2) is 0 Å². The zero-order chi connectivity index (χ0) is 11.9. The molecule has 0 aliphatic carbocycles. The van der Waals surface area contributed by atoms with Crippen molar-refractivity contribution in [1.29, 1.82) is 0 Å². The molecule has 1 aliphatic rings. The fraction of sp³-hybridized carbons (Fsp3) is 0.417. The van der Waals surface area contributed by atoms with Gasteiger partial charge in [0.2, 0.25) is 5.91 Å². The minimum Gasteiger partial charge on any atom is -0.370 e. The molecular formula is C12H15FN2O. The van der Waals surface area contributed by atoms with E-state index in [0.717, 1.165) is 5.56 Å². The van der Waals surface area contributed by atoms with Crippen LogP contribution in [0.15, 0.2) is 12.1 Å². The Hall–Kier alpha value is -1.58. The molecule has 0 atom stereocenters. The summed E-state index contributed by atoms with van der Waals surface area (Å²) in [4.78, 5) is 11.8. The molecule has 0 saturated carbocycles. The van der Waals surface area contributed by atoms with Crippen molar-refractivity contribution in [2.75, 3.05) is 10.6 Å². The molecule has 0 bridgehead atoms. The summed E-state index contributed by atoms with van der Waals surface area (Å²) in [6.45, 7) is 5.46. The van der Waals surface area contributed by atoms with Crippen molar-refractivity contribution in [2.45, 2.75) is 32.7 Å². The van der Waals surface area contributed by atoms with Crippen molar-refractivity contribution in [2.24, 2.45) is 0 Å².